The molecular formula is C18H23F3NO3S+. The van der Waals surface area contributed by atoms with Crippen molar-refractivity contribution in [2.75, 3.05) is 13.1 Å². The number of hydrogen-bond donors (Lipinski definition) is 1. The van der Waals surface area contributed by atoms with Gasteiger partial charge in [0.2, 0.25) is 0 Å². The monoisotopic (exact) mass is 390 g/mol. The van der Waals surface area contributed by atoms with Gasteiger partial charge >= 0.3 is 15.6 Å². The summed E-state index contributed by atoms with van der Waals surface area (Å²) in [6, 6.07) is 21.6. The molecule has 0 aliphatic rings. The molecule has 0 aromatic heterocycles. The largest absolute Gasteiger partial charge is 0.522 e. The number of halogens is 3. The molecule has 1 N–H and O–H groups in total. The number of alkyl halides is 3. The molecule has 0 bridgehead atoms. The first kappa shape index (κ1) is 22.1. The highest BCUT2D eigenvalue weighted by atomic mass is 32.2. The van der Waals surface area contributed by atoms with Crippen LogP contribution < -0.4 is 4.48 Å². The van der Waals surface area contributed by atoms with E-state index in [1.54, 1.807) is 0 Å². The lowest BCUT2D eigenvalue weighted by Crippen LogP contribution is -2.48. The molecule has 0 fully saturated rings. The Hall–Kier alpha value is -1.90. The van der Waals surface area contributed by atoms with Crippen LogP contribution in [0.5, 0.6) is 0 Å². The molecule has 0 saturated carbocycles. The lowest BCUT2D eigenvalue weighted by molar-refractivity contribution is -0.0510. The van der Waals surface area contributed by atoms with Gasteiger partial charge in [0.05, 0.1) is 13.1 Å². The Labute approximate surface area is 152 Å². The first-order valence-corrected chi connectivity index (χ1v) is 9.49. The Bertz CT molecular complexity index is 759. The highest BCUT2D eigenvalue weighted by Gasteiger charge is 2.44. The number of para-hydroxylation sites is 1. The van der Waals surface area contributed by atoms with E-state index in [0.717, 1.165) is 24.1 Å². The fraction of sp³-hybridized carbons (Fsp3) is 0.333. The molecule has 0 aliphatic carbocycles. The molecule has 0 saturated heterocycles. The molecule has 0 amide bonds. The summed E-state index contributed by atoms with van der Waals surface area (Å²) in [6.45, 7) is 7.86. The molecular weight excluding hydrogens is 367 g/mol. The van der Waals surface area contributed by atoms with Gasteiger partial charge in [0.15, 0.2) is 0 Å². The molecule has 0 unspecified atom stereocenters. The number of benzene rings is 2. The van der Waals surface area contributed by atoms with Gasteiger partial charge in [0, 0.05) is 5.56 Å². The van der Waals surface area contributed by atoms with Crippen molar-refractivity contribution in [1.29, 1.82) is 0 Å². The van der Waals surface area contributed by atoms with E-state index in [2.05, 4.69) is 74.5 Å². The van der Waals surface area contributed by atoms with Crippen molar-refractivity contribution >= 4 is 15.8 Å². The third kappa shape index (κ3) is 6.12. The molecule has 0 atom stereocenters. The van der Waals surface area contributed by atoms with Gasteiger partial charge in [-0.05, 0) is 26.0 Å². The Morgan fingerprint density at radius 3 is 1.62 bits per heavy atom. The fourth-order valence-electron chi connectivity index (χ4n) is 2.58. The van der Waals surface area contributed by atoms with Crippen molar-refractivity contribution in [3.63, 3.8) is 0 Å². The van der Waals surface area contributed by atoms with Gasteiger partial charge in [-0.3, -0.25) is 9.04 Å². The summed E-state index contributed by atoms with van der Waals surface area (Å²) >= 11 is 0. The van der Waals surface area contributed by atoms with Crippen LogP contribution in [0.1, 0.15) is 19.4 Å². The summed E-state index contributed by atoms with van der Waals surface area (Å²) in [5.74, 6) is 0. The smallest absolute Gasteiger partial charge is 0.288 e. The average molecular weight is 390 g/mol. The maximum atomic E-state index is 10.7. The van der Waals surface area contributed by atoms with E-state index < -0.39 is 15.6 Å². The van der Waals surface area contributed by atoms with E-state index in [9.17, 15) is 13.2 Å². The van der Waals surface area contributed by atoms with E-state index in [4.69, 9.17) is 13.0 Å². The third-order valence-corrected chi connectivity index (χ3v) is 4.72. The molecule has 2 rings (SSSR count). The van der Waals surface area contributed by atoms with Crippen LogP contribution in [0.2, 0.25) is 0 Å². The Kier molecular flexibility index (Phi) is 7.80. The molecule has 0 radical (unpaired) electrons. The number of hydrogen-bond acceptors (Lipinski definition) is 2. The predicted octanol–water partition coefficient (Wildman–Crippen LogP) is 4.63. The first-order chi connectivity index (χ1) is 12.1. The predicted molar refractivity (Wildman–Crippen MR) is 97.1 cm³/mol. The zero-order valence-electron chi connectivity index (χ0n) is 14.6. The van der Waals surface area contributed by atoms with Gasteiger partial charge in [-0.15, -0.1) is 0 Å². The van der Waals surface area contributed by atoms with E-state index in [1.165, 1.54) is 11.3 Å². The summed E-state index contributed by atoms with van der Waals surface area (Å²) in [5.41, 5.74) is -2.72. The topological polar surface area (TPSA) is 54.4 Å². The van der Waals surface area contributed by atoms with Crippen LogP contribution in [0.25, 0.3) is 0 Å². The molecule has 0 heterocycles. The summed E-state index contributed by atoms with van der Waals surface area (Å²) in [4.78, 5) is 0. The maximum absolute atomic E-state index is 10.7. The van der Waals surface area contributed by atoms with Gasteiger partial charge in [-0.25, -0.2) is 0 Å². The molecule has 4 nitrogen and oxygen atoms in total. The molecule has 2 aromatic rings. The molecule has 26 heavy (non-hydrogen) atoms. The van der Waals surface area contributed by atoms with Crippen LogP contribution in [0, 0.1) is 0 Å². The van der Waals surface area contributed by atoms with E-state index >= 15 is 0 Å². The lowest BCUT2D eigenvalue weighted by Gasteiger charge is -2.36. The number of rotatable bonds is 5. The minimum absolute atomic E-state index is 1.02. The molecule has 0 spiro atoms. The van der Waals surface area contributed by atoms with Gasteiger partial charge in [0.25, 0.3) is 0 Å². The van der Waals surface area contributed by atoms with Gasteiger partial charge < -0.3 is 0 Å². The van der Waals surface area contributed by atoms with Crippen LogP contribution >= 0.6 is 0 Å². The zero-order chi connectivity index (χ0) is 19.8. The van der Waals surface area contributed by atoms with Crippen LogP contribution in [0.4, 0.5) is 18.9 Å². The van der Waals surface area contributed by atoms with Gasteiger partial charge in [-0.1, -0.05) is 48.5 Å². The van der Waals surface area contributed by atoms with Crippen molar-refractivity contribution in [3.05, 3.63) is 66.2 Å². The Morgan fingerprint density at radius 2 is 1.27 bits per heavy atom. The minimum Gasteiger partial charge on any atom is -0.288 e. The molecule has 2 aromatic carbocycles. The highest BCUT2D eigenvalue weighted by molar-refractivity contribution is 7.86. The summed E-state index contributed by atoms with van der Waals surface area (Å²) < 4.78 is 58.6. The number of quaternary nitrogens is 1. The van der Waals surface area contributed by atoms with Crippen molar-refractivity contribution in [1.82, 2.24) is 4.48 Å². The Morgan fingerprint density at radius 1 is 0.885 bits per heavy atom. The second-order valence-corrected chi connectivity index (χ2v) is 7.09. The average Bonchev–Trinajstić information content (AvgIpc) is 2.60. The van der Waals surface area contributed by atoms with Crippen molar-refractivity contribution in [2.45, 2.75) is 25.9 Å². The van der Waals surface area contributed by atoms with Crippen LogP contribution in [0.15, 0.2) is 60.7 Å². The van der Waals surface area contributed by atoms with E-state index in [1.807, 2.05) is 0 Å². The molecule has 0 aliphatic heterocycles. The fourth-order valence-corrected chi connectivity index (χ4v) is 2.58. The van der Waals surface area contributed by atoms with Crippen molar-refractivity contribution in [2.24, 2.45) is 0 Å². The van der Waals surface area contributed by atoms with Crippen LogP contribution in [-0.4, -0.2) is 31.6 Å². The SMILES string of the molecule is CC[N+](CC)(Cc1ccccc1)c1ccccc1.O=S(=O)(O)C(F)(F)F. The molecule has 8 heteroatoms. The van der Waals surface area contributed by atoms with E-state index in [0.29, 0.717) is 0 Å². The lowest BCUT2D eigenvalue weighted by atomic mass is 10.1. The van der Waals surface area contributed by atoms with Crippen molar-refractivity contribution < 1.29 is 26.1 Å². The summed E-state index contributed by atoms with van der Waals surface area (Å²) in [7, 11) is -5.84. The van der Waals surface area contributed by atoms with Crippen LogP contribution in [-0.2, 0) is 16.7 Å². The summed E-state index contributed by atoms with van der Waals surface area (Å²) in [6.07, 6.45) is 0. The van der Waals surface area contributed by atoms with Gasteiger partial charge in [-0.2, -0.15) is 21.6 Å². The number of nitrogens with zero attached hydrogens (tertiary/aromatic N) is 1. The van der Waals surface area contributed by atoms with Crippen molar-refractivity contribution in [3.8, 4) is 0 Å². The quantitative estimate of drug-likeness (QED) is 0.460. The normalized spacial score (nSPS) is 12.2. The Balaban J connectivity index is 0.000000359. The van der Waals surface area contributed by atoms with E-state index in [-0.39, 0.29) is 0 Å². The maximum Gasteiger partial charge on any atom is 0.522 e. The standard InChI is InChI=1S/C17H22N.CHF3O3S/c1-3-18(4-2,17-13-9-6-10-14-17)15-16-11-7-5-8-12-16;2-1(3,4)8(5,6)7/h5-14H,3-4,15H2,1-2H3;(H,5,6,7)/q+1;. The minimum atomic E-state index is -5.84. The van der Waals surface area contributed by atoms with Gasteiger partial charge in [0.1, 0.15) is 12.2 Å². The summed E-state index contributed by atoms with van der Waals surface area (Å²) in [5, 5.41) is 0. The second-order valence-electron chi connectivity index (χ2n) is 5.68. The highest BCUT2D eigenvalue weighted by Crippen LogP contribution is 2.25. The second kappa shape index (κ2) is 9.16. The zero-order valence-corrected chi connectivity index (χ0v) is 15.5. The molecule has 144 valence electrons. The third-order valence-electron chi connectivity index (χ3n) is 4.14. The van der Waals surface area contributed by atoms with Crippen LogP contribution in [0.3, 0.4) is 0 Å². The first-order valence-electron chi connectivity index (χ1n) is 8.05.